The lowest BCUT2D eigenvalue weighted by Crippen LogP contribution is -2.63. The first kappa shape index (κ1) is 68.3. The number of rotatable bonds is 35. The number of phenols is 1. The van der Waals surface area contributed by atoms with Crippen LogP contribution in [0.25, 0.3) is 10.9 Å². The van der Waals surface area contributed by atoms with Crippen molar-refractivity contribution < 1.29 is 88.2 Å². The minimum Gasteiger partial charge on any atom is -0.508 e. The van der Waals surface area contributed by atoms with Crippen molar-refractivity contribution in [3.05, 3.63) is 102 Å². The topological polar surface area (TPSA) is 502 Å². The fourth-order valence-electron chi connectivity index (χ4n) is 8.35. The summed E-state index contributed by atoms with van der Waals surface area (Å²) in [5, 5.41) is 82.0. The number of para-hydroxylation sites is 1. The normalized spacial score (nSPS) is 14.6. The molecule has 0 bridgehead atoms. The van der Waals surface area contributed by atoms with Crippen LogP contribution in [0.4, 0.5) is 0 Å². The molecule has 0 saturated carbocycles. The van der Waals surface area contributed by atoms with Crippen LogP contribution in [0.3, 0.4) is 0 Å². The van der Waals surface area contributed by atoms with Gasteiger partial charge in [0.25, 0.3) is 0 Å². The first-order valence-corrected chi connectivity index (χ1v) is 27.7. The van der Waals surface area contributed by atoms with Crippen molar-refractivity contribution >= 4 is 93.7 Å². The van der Waals surface area contributed by atoms with E-state index in [1.807, 2.05) is 0 Å². The molecule has 4 aromatic rings. The van der Waals surface area contributed by atoms with Gasteiger partial charge in [-0.2, -0.15) is 11.8 Å². The first-order chi connectivity index (χ1) is 40.4. The smallest absolute Gasteiger partial charge is 0.326 e. The van der Waals surface area contributed by atoms with Crippen molar-refractivity contribution in [3.63, 3.8) is 0 Å². The number of hydrogen-bond donors (Lipinski definition) is 18. The minimum atomic E-state index is -2.06. The summed E-state index contributed by atoms with van der Waals surface area (Å²) in [5.74, 6) is -14.2. The van der Waals surface area contributed by atoms with E-state index in [-0.39, 0.29) is 37.2 Å². The van der Waals surface area contributed by atoms with Crippen molar-refractivity contribution in [3.8, 4) is 5.75 Å². The molecule has 31 heteroatoms. The second kappa shape index (κ2) is 33.8. The monoisotopic (exact) mass is 1210 g/mol. The average molecular weight is 1210 g/mol. The molecule has 10 amide bonds. The molecule has 10 atom stereocenters. The van der Waals surface area contributed by atoms with E-state index in [0.29, 0.717) is 27.6 Å². The number of nitrogens with two attached hydrogens (primary N) is 2. The molecule has 4 rings (SSSR count). The number of nitrogens with one attached hydrogen (secondary N) is 10. The Bertz CT molecular complexity index is 3000. The van der Waals surface area contributed by atoms with Gasteiger partial charge < -0.3 is 94.9 Å². The third kappa shape index (κ3) is 21.8. The summed E-state index contributed by atoms with van der Waals surface area (Å²) in [6.07, 6.45) is -1.41. The van der Waals surface area contributed by atoms with Gasteiger partial charge in [-0.3, -0.25) is 52.7 Å². The number of aromatic nitrogens is 1. The zero-order chi connectivity index (χ0) is 62.9. The van der Waals surface area contributed by atoms with Crippen LogP contribution in [0.1, 0.15) is 42.9 Å². The minimum absolute atomic E-state index is 0.0790. The molecule has 0 spiro atoms. The molecule has 1 aromatic heterocycles. The predicted octanol–water partition coefficient (Wildman–Crippen LogP) is -5.22. The van der Waals surface area contributed by atoms with Crippen LogP contribution in [-0.2, 0) is 76.8 Å². The van der Waals surface area contributed by atoms with E-state index >= 15 is 0 Å². The molecular formula is C54H70N12O18S. The molecule has 0 aliphatic heterocycles. The number of aliphatic hydroxyl groups is 3. The van der Waals surface area contributed by atoms with Crippen molar-refractivity contribution in [2.24, 2.45) is 11.5 Å². The Balaban J connectivity index is 1.55. The molecular weight excluding hydrogens is 1140 g/mol. The number of hydrogen-bond acceptors (Lipinski definition) is 18. The maximum absolute atomic E-state index is 14.2. The van der Waals surface area contributed by atoms with Gasteiger partial charge in [-0.15, -0.1) is 0 Å². The number of H-pyrrole nitrogens is 1. The van der Waals surface area contributed by atoms with Crippen LogP contribution >= 0.6 is 11.8 Å². The van der Waals surface area contributed by atoms with Gasteiger partial charge in [-0.1, -0.05) is 60.7 Å². The highest BCUT2D eigenvalue weighted by Crippen LogP contribution is 2.20. The largest absolute Gasteiger partial charge is 0.508 e. The van der Waals surface area contributed by atoms with Gasteiger partial charge in [0.1, 0.15) is 60.1 Å². The number of thioether (sulfide) groups is 1. The summed E-state index contributed by atoms with van der Waals surface area (Å²) in [7, 11) is 0. The first-order valence-electron chi connectivity index (χ1n) is 26.3. The third-order valence-corrected chi connectivity index (χ3v) is 13.5. The van der Waals surface area contributed by atoms with Gasteiger partial charge >= 0.3 is 11.9 Å². The van der Waals surface area contributed by atoms with E-state index in [4.69, 9.17) is 11.5 Å². The fraction of sp³-hybridized carbons (Fsp3) is 0.407. The number of carbonyl (C=O) groups excluding carboxylic acids is 10. The Kier molecular flexibility index (Phi) is 27.2. The standard InChI is InChI=1S/C54H70N12O18S/c1-27(69)45(66-50(79)36(18-28-8-4-3-5-9-28)60-51(80)40(25-67)64-47(76)35(58-43(72)23-55)19-29-12-14-31(70)15-13-29)53(82)65-41(26-68)52(81)62-38(22-44(73)74)49(78)61-37(20-30-24-57-33-11-7-6-10-32(30)33)48(77)59-34(16-17-85-2)46(75)63-39(54(83)84)21-42(56)71/h3-15,24,27,34-41,45,57,67-70H,16-23,25-26,55H2,1-2H3,(H2,56,71)(H,58,72)(H,59,77)(H,60,80)(H,61,78)(H,62,81)(H,63,75)(H,64,76)(H,65,82)(H,66,79)(H,73,74)(H,83,84)/t27-,34+,35+,36+,37+,38+,39+,40+,41+,45+/m1/s1. The van der Waals surface area contributed by atoms with Crippen LogP contribution in [0.15, 0.2) is 85.1 Å². The number of carboxylic acid groups (broad SMARTS) is 2. The van der Waals surface area contributed by atoms with Crippen LogP contribution in [0.5, 0.6) is 5.75 Å². The van der Waals surface area contributed by atoms with Crippen LogP contribution < -0.4 is 59.3 Å². The number of phenolic OH excluding ortho intramolecular Hbond substituents is 1. The predicted molar refractivity (Wildman–Crippen MR) is 303 cm³/mol. The number of aromatic amines is 1. The molecule has 460 valence electrons. The molecule has 85 heavy (non-hydrogen) atoms. The van der Waals surface area contributed by atoms with Gasteiger partial charge in [0.15, 0.2) is 0 Å². The lowest BCUT2D eigenvalue weighted by atomic mass is 10.0. The number of aromatic hydroxyl groups is 1. The number of amides is 10. The van der Waals surface area contributed by atoms with Crippen molar-refractivity contribution in [2.75, 3.05) is 31.8 Å². The molecule has 0 aliphatic carbocycles. The second-order valence-electron chi connectivity index (χ2n) is 19.4. The van der Waals surface area contributed by atoms with Crippen LogP contribution in [0.2, 0.25) is 0 Å². The molecule has 0 fully saturated rings. The van der Waals surface area contributed by atoms with E-state index in [2.05, 4.69) is 52.8 Å². The highest BCUT2D eigenvalue weighted by atomic mass is 32.2. The van der Waals surface area contributed by atoms with Gasteiger partial charge in [-0.25, -0.2) is 4.79 Å². The Morgan fingerprint density at radius 3 is 1.54 bits per heavy atom. The van der Waals surface area contributed by atoms with Gasteiger partial charge in [0.05, 0.1) is 38.7 Å². The van der Waals surface area contributed by atoms with E-state index in [1.54, 1.807) is 60.9 Å². The zero-order valence-corrected chi connectivity index (χ0v) is 46.9. The van der Waals surface area contributed by atoms with E-state index < -0.39 is 164 Å². The molecule has 3 aromatic carbocycles. The van der Waals surface area contributed by atoms with Crippen molar-refractivity contribution in [2.45, 2.75) is 106 Å². The summed E-state index contributed by atoms with van der Waals surface area (Å²) in [4.78, 5) is 162. The number of fused-ring (bicyclic) bond motifs is 1. The molecule has 30 nitrogen and oxygen atoms in total. The zero-order valence-electron chi connectivity index (χ0n) is 46.1. The molecule has 0 unspecified atom stereocenters. The van der Waals surface area contributed by atoms with Crippen molar-refractivity contribution in [1.82, 2.24) is 52.8 Å². The Morgan fingerprint density at radius 2 is 1.00 bits per heavy atom. The summed E-state index contributed by atoms with van der Waals surface area (Å²) in [6.45, 7) is -1.73. The summed E-state index contributed by atoms with van der Waals surface area (Å²) < 4.78 is 0. The third-order valence-electron chi connectivity index (χ3n) is 12.8. The Labute approximate surface area is 489 Å². The quantitative estimate of drug-likeness (QED) is 0.0205. The maximum Gasteiger partial charge on any atom is 0.326 e. The van der Waals surface area contributed by atoms with Crippen LogP contribution in [-0.4, -0.2) is 199 Å². The number of aliphatic hydroxyl groups excluding tert-OH is 3. The Hall–Kier alpha value is -9.17. The highest BCUT2D eigenvalue weighted by molar-refractivity contribution is 7.98. The Morgan fingerprint density at radius 1 is 0.541 bits per heavy atom. The molecule has 0 radical (unpaired) electrons. The molecule has 0 aliphatic rings. The lowest BCUT2D eigenvalue weighted by molar-refractivity contribution is -0.143. The number of carbonyl (C=O) groups is 12. The summed E-state index contributed by atoms with van der Waals surface area (Å²) in [6, 6.07) is 4.70. The van der Waals surface area contributed by atoms with E-state index in [0.717, 1.165) is 6.92 Å². The van der Waals surface area contributed by atoms with E-state index in [9.17, 15) is 88.2 Å². The van der Waals surface area contributed by atoms with Gasteiger partial charge in [0.2, 0.25) is 59.1 Å². The molecule has 20 N–H and O–H groups in total. The summed E-state index contributed by atoms with van der Waals surface area (Å²) in [5.41, 5.74) is 12.6. The second-order valence-corrected chi connectivity index (χ2v) is 20.3. The van der Waals surface area contributed by atoms with E-state index in [1.165, 1.54) is 42.2 Å². The maximum atomic E-state index is 14.2. The van der Waals surface area contributed by atoms with Gasteiger partial charge in [-0.05, 0) is 60.2 Å². The highest BCUT2D eigenvalue weighted by Gasteiger charge is 2.37. The van der Waals surface area contributed by atoms with Crippen molar-refractivity contribution in [1.29, 1.82) is 0 Å². The molecule has 0 saturated heterocycles. The molecule has 1 heterocycles. The average Bonchev–Trinajstić information content (AvgIpc) is 3.67. The number of aliphatic carboxylic acids is 2. The lowest BCUT2D eigenvalue weighted by Gasteiger charge is -2.28. The fourth-order valence-corrected chi connectivity index (χ4v) is 8.82. The number of carboxylic acids is 2. The number of primary amides is 1. The van der Waals surface area contributed by atoms with Crippen LogP contribution in [0, 0.1) is 0 Å². The SMILES string of the molecule is CSCC[C@H](NC(=O)[C@H](Cc1c[nH]c2ccccc12)NC(=O)[C@H](CC(=O)O)NC(=O)[C@H](CO)NC(=O)[C@@H](NC(=O)[C@H](Cc1ccccc1)NC(=O)[C@H](CO)NC(=O)[C@H](Cc1ccc(O)cc1)NC(=O)CN)[C@@H](C)O)C(=O)N[C@@H](CC(N)=O)C(=O)O. The number of benzene rings is 3. The summed E-state index contributed by atoms with van der Waals surface area (Å²) >= 11 is 1.26. The van der Waals surface area contributed by atoms with Gasteiger partial charge in [0, 0.05) is 36.4 Å².